The second-order valence-electron chi connectivity index (χ2n) is 4.03. The summed E-state index contributed by atoms with van der Waals surface area (Å²) < 4.78 is 0. The predicted molar refractivity (Wildman–Crippen MR) is 64.0 cm³/mol. The van der Waals surface area contributed by atoms with E-state index in [1.54, 1.807) is 12.3 Å². The summed E-state index contributed by atoms with van der Waals surface area (Å²) in [5, 5.41) is 0. The van der Waals surface area contributed by atoms with Crippen LogP contribution in [0.1, 0.15) is 16.1 Å². The smallest absolute Gasteiger partial charge is 0.214 e. The van der Waals surface area contributed by atoms with Crippen LogP contribution < -0.4 is 0 Å². The number of carbonyl (C=O) groups excluding carboxylic acids is 1. The van der Waals surface area contributed by atoms with Crippen molar-refractivity contribution in [2.24, 2.45) is 0 Å². The molecule has 18 heavy (non-hydrogen) atoms. The first-order valence-corrected chi connectivity index (χ1v) is 5.46. The first kappa shape index (κ1) is 9.35. The zero-order chi connectivity index (χ0) is 12.1. The van der Waals surface area contributed by atoms with Crippen LogP contribution in [0.3, 0.4) is 0 Å². The molecule has 0 radical (unpaired) electrons. The van der Waals surface area contributed by atoms with Crippen LogP contribution in [0.25, 0.3) is 22.4 Å². The van der Waals surface area contributed by atoms with Crippen molar-refractivity contribution >= 4 is 16.9 Å². The maximum absolute atomic E-state index is 12.2. The summed E-state index contributed by atoms with van der Waals surface area (Å²) >= 11 is 0. The summed E-state index contributed by atoms with van der Waals surface area (Å²) in [5.74, 6) is -0.0844. The summed E-state index contributed by atoms with van der Waals surface area (Å²) in [4.78, 5) is 28.9. The lowest BCUT2D eigenvalue weighted by atomic mass is 10.1. The molecule has 0 atom stereocenters. The minimum atomic E-state index is -0.0844. The molecule has 1 aliphatic carbocycles. The van der Waals surface area contributed by atoms with Gasteiger partial charge in [0.2, 0.25) is 5.78 Å². The summed E-state index contributed by atoms with van der Waals surface area (Å²) in [6.07, 6.45) is 2.98. The van der Waals surface area contributed by atoms with Gasteiger partial charge in [-0.3, -0.25) is 4.79 Å². The maximum atomic E-state index is 12.2. The molecule has 5 nitrogen and oxygen atoms in total. The van der Waals surface area contributed by atoms with Gasteiger partial charge in [-0.2, -0.15) is 0 Å². The minimum absolute atomic E-state index is 0.0844. The third-order valence-electron chi connectivity index (χ3n) is 2.99. The van der Waals surface area contributed by atoms with Crippen LogP contribution in [0.15, 0.2) is 36.8 Å². The molecule has 0 amide bonds. The van der Waals surface area contributed by atoms with E-state index in [1.165, 1.54) is 6.33 Å². The number of carbonyl (C=O) groups is 1. The quantitative estimate of drug-likeness (QED) is 0.462. The molecule has 0 bridgehead atoms. The highest BCUT2D eigenvalue weighted by Crippen LogP contribution is 2.34. The molecular weight excluding hydrogens is 228 g/mol. The molecule has 0 N–H and O–H groups in total. The van der Waals surface area contributed by atoms with Gasteiger partial charge in [-0.05, 0) is 0 Å². The van der Waals surface area contributed by atoms with Gasteiger partial charge in [0.1, 0.15) is 23.2 Å². The van der Waals surface area contributed by atoms with Crippen molar-refractivity contribution in [2.75, 3.05) is 0 Å². The lowest BCUT2D eigenvalue weighted by molar-refractivity contribution is 0.103. The van der Waals surface area contributed by atoms with Gasteiger partial charge in [-0.15, -0.1) is 0 Å². The Morgan fingerprint density at radius 2 is 1.78 bits per heavy atom. The molecule has 0 saturated carbocycles. The lowest BCUT2D eigenvalue weighted by Gasteiger charge is -1.99. The molecule has 0 unspecified atom stereocenters. The van der Waals surface area contributed by atoms with Gasteiger partial charge >= 0.3 is 0 Å². The van der Waals surface area contributed by atoms with E-state index in [4.69, 9.17) is 0 Å². The van der Waals surface area contributed by atoms with E-state index in [0.29, 0.717) is 28.1 Å². The van der Waals surface area contributed by atoms with Crippen LogP contribution >= 0.6 is 0 Å². The topological polar surface area (TPSA) is 68.6 Å². The number of benzene rings is 1. The Morgan fingerprint density at radius 1 is 0.944 bits per heavy atom. The number of fused-ring (bicyclic) bond motifs is 4. The molecule has 1 aromatic carbocycles. The van der Waals surface area contributed by atoms with Gasteiger partial charge in [0.25, 0.3) is 0 Å². The number of aromatic nitrogens is 4. The zero-order valence-electron chi connectivity index (χ0n) is 9.16. The van der Waals surface area contributed by atoms with E-state index in [-0.39, 0.29) is 5.78 Å². The Balaban J connectivity index is 2.14. The van der Waals surface area contributed by atoms with Crippen molar-refractivity contribution < 1.29 is 4.79 Å². The maximum Gasteiger partial charge on any atom is 0.214 e. The van der Waals surface area contributed by atoms with E-state index >= 15 is 0 Å². The molecule has 0 aliphatic heterocycles. The Hall–Kier alpha value is -2.69. The summed E-state index contributed by atoms with van der Waals surface area (Å²) in [6, 6.07) is 7.38. The van der Waals surface area contributed by atoms with Crippen molar-refractivity contribution in [1.29, 1.82) is 0 Å². The van der Waals surface area contributed by atoms with Gasteiger partial charge in [-0.1, -0.05) is 24.3 Å². The predicted octanol–water partition coefficient (Wildman–Crippen LogP) is 1.63. The SMILES string of the molecule is O=C1c2ccccc2-c2nc3ncncc3nc21. The largest absolute Gasteiger partial charge is 0.287 e. The summed E-state index contributed by atoms with van der Waals surface area (Å²) in [5.41, 5.74) is 3.52. The van der Waals surface area contributed by atoms with Crippen molar-refractivity contribution in [2.45, 2.75) is 0 Å². The summed E-state index contributed by atoms with van der Waals surface area (Å²) in [7, 11) is 0. The van der Waals surface area contributed by atoms with Gasteiger partial charge in [0.15, 0.2) is 5.65 Å². The van der Waals surface area contributed by atoms with E-state index in [0.717, 1.165) is 5.56 Å². The highest BCUT2D eigenvalue weighted by atomic mass is 16.1. The van der Waals surface area contributed by atoms with Crippen LogP contribution in [0.2, 0.25) is 0 Å². The monoisotopic (exact) mass is 234 g/mol. The molecule has 1 aliphatic rings. The Bertz CT molecular complexity index is 813. The zero-order valence-corrected chi connectivity index (χ0v) is 9.16. The molecule has 0 fully saturated rings. The highest BCUT2D eigenvalue weighted by molar-refractivity contribution is 6.20. The lowest BCUT2D eigenvalue weighted by Crippen LogP contribution is -2.00. The van der Waals surface area contributed by atoms with Crippen molar-refractivity contribution in [1.82, 2.24) is 19.9 Å². The minimum Gasteiger partial charge on any atom is -0.287 e. The van der Waals surface area contributed by atoms with Gasteiger partial charge in [0.05, 0.1) is 6.20 Å². The van der Waals surface area contributed by atoms with Crippen LogP contribution in [-0.2, 0) is 0 Å². The number of hydrogen-bond donors (Lipinski definition) is 0. The number of ketones is 1. The second-order valence-corrected chi connectivity index (χ2v) is 4.03. The van der Waals surface area contributed by atoms with Crippen LogP contribution in [0.4, 0.5) is 0 Å². The molecule has 2 aromatic heterocycles. The standard InChI is InChI=1S/C13H6N4O/c18-12-8-4-2-1-3-7(8)10-11(12)16-9-5-14-6-15-13(9)17-10/h1-6H. The van der Waals surface area contributed by atoms with Gasteiger partial charge in [0, 0.05) is 11.1 Å². The molecular formula is C13H6N4O. The van der Waals surface area contributed by atoms with E-state index in [2.05, 4.69) is 19.9 Å². The Labute approximate surface area is 102 Å². The second kappa shape index (κ2) is 3.16. The van der Waals surface area contributed by atoms with Crippen molar-refractivity contribution in [3.05, 3.63) is 48.0 Å². The van der Waals surface area contributed by atoms with Crippen LogP contribution in [0, 0.1) is 0 Å². The van der Waals surface area contributed by atoms with Gasteiger partial charge in [-0.25, -0.2) is 19.9 Å². The average molecular weight is 234 g/mol. The fraction of sp³-hybridized carbons (Fsp3) is 0. The normalized spacial score (nSPS) is 12.6. The van der Waals surface area contributed by atoms with E-state index in [9.17, 15) is 4.79 Å². The molecule has 3 aromatic rings. The molecule has 0 spiro atoms. The number of rotatable bonds is 0. The Morgan fingerprint density at radius 3 is 2.67 bits per heavy atom. The van der Waals surface area contributed by atoms with Gasteiger partial charge < -0.3 is 0 Å². The number of hydrogen-bond acceptors (Lipinski definition) is 5. The van der Waals surface area contributed by atoms with Crippen LogP contribution in [0.5, 0.6) is 0 Å². The first-order chi connectivity index (χ1) is 8.84. The fourth-order valence-corrected chi connectivity index (χ4v) is 2.17. The Kier molecular flexibility index (Phi) is 1.64. The van der Waals surface area contributed by atoms with E-state index in [1.807, 2.05) is 18.2 Å². The third kappa shape index (κ3) is 1.08. The number of nitrogens with zero attached hydrogens (tertiary/aromatic N) is 4. The van der Waals surface area contributed by atoms with Crippen molar-refractivity contribution in [3.8, 4) is 11.3 Å². The summed E-state index contributed by atoms with van der Waals surface area (Å²) in [6.45, 7) is 0. The fourth-order valence-electron chi connectivity index (χ4n) is 2.17. The van der Waals surface area contributed by atoms with Crippen molar-refractivity contribution in [3.63, 3.8) is 0 Å². The third-order valence-corrected chi connectivity index (χ3v) is 2.99. The van der Waals surface area contributed by atoms with E-state index < -0.39 is 0 Å². The van der Waals surface area contributed by atoms with Crippen LogP contribution in [-0.4, -0.2) is 25.7 Å². The highest BCUT2D eigenvalue weighted by Gasteiger charge is 2.29. The molecule has 2 heterocycles. The molecule has 84 valence electrons. The first-order valence-electron chi connectivity index (χ1n) is 5.46. The molecule has 0 saturated heterocycles. The molecule has 5 heteroatoms. The average Bonchev–Trinajstić information content (AvgIpc) is 2.71. The molecule has 4 rings (SSSR count).